The minimum atomic E-state index is 1.01. The first-order valence-electron chi connectivity index (χ1n) is 7.96. The Labute approximate surface area is 143 Å². The van der Waals surface area contributed by atoms with Gasteiger partial charge in [0.05, 0.1) is 5.69 Å². The second-order valence-corrected chi connectivity index (χ2v) is 5.80. The summed E-state index contributed by atoms with van der Waals surface area (Å²) in [5.41, 5.74) is 7.95. The van der Waals surface area contributed by atoms with Crippen LogP contribution in [0.1, 0.15) is 16.7 Å². The molecule has 3 aromatic rings. The van der Waals surface area contributed by atoms with E-state index in [-0.39, 0.29) is 0 Å². The first-order chi connectivity index (χ1) is 11.7. The lowest BCUT2D eigenvalue weighted by Gasteiger charge is -2.11. The molecule has 0 spiro atoms. The molecule has 3 rings (SSSR count). The van der Waals surface area contributed by atoms with Gasteiger partial charge in [0.15, 0.2) is 0 Å². The monoisotopic (exact) mass is 312 g/mol. The first-order valence-corrected chi connectivity index (χ1v) is 7.96. The fourth-order valence-electron chi connectivity index (χ4n) is 2.78. The number of aryl methyl sites for hydroxylation is 2. The third-order valence-corrected chi connectivity index (χ3v) is 4.00. The van der Waals surface area contributed by atoms with Crippen LogP contribution in [0.25, 0.3) is 22.4 Å². The normalized spacial score (nSPS) is 10.9. The predicted molar refractivity (Wildman–Crippen MR) is 102 cm³/mol. The molecule has 0 atom stereocenters. The summed E-state index contributed by atoms with van der Waals surface area (Å²) in [6, 6.07) is 18.9. The zero-order chi connectivity index (χ0) is 16.9. The van der Waals surface area contributed by atoms with Gasteiger partial charge in [-0.05, 0) is 42.7 Å². The van der Waals surface area contributed by atoms with Crippen molar-refractivity contribution < 1.29 is 0 Å². The first kappa shape index (κ1) is 15.9. The van der Waals surface area contributed by atoms with Crippen molar-refractivity contribution in [3.8, 4) is 22.4 Å². The van der Waals surface area contributed by atoms with Crippen molar-refractivity contribution in [3.05, 3.63) is 90.3 Å². The Balaban J connectivity index is 2.09. The number of rotatable bonds is 4. The van der Waals surface area contributed by atoms with E-state index in [9.17, 15) is 0 Å². The Bertz CT molecular complexity index is 907. The Hall–Kier alpha value is -3.00. The Morgan fingerprint density at radius 1 is 0.958 bits per heavy atom. The summed E-state index contributed by atoms with van der Waals surface area (Å²) in [7, 11) is 0. The molecule has 1 heterocycles. The molecular formula is C22H20N2. The standard InChI is InChI=1S/C22H20N2/c1-4-23-15-20-11-10-18(14-17(20)3)21-9-6-12-24-22(21)19-8-5-7-16(2)13-19/h4-15H,1H2,2-3H3. The molecule has 0 radical (unpaired) electrons. The minimum absolute atomic E-state index is 1.01. The van der Waals surface area contributed by atoms with E-state index in [1.54, 1.807) is 6.20 Å². The zero-order valence-corrected chi connectivity index (χ0v) is 14.0. The highest BCUT2D eigenvalue weighted by atomic mass is 14.7. The third kappa shape index (κ3) is 3.33. The maximum atomic E-state index is 4.63. The van der Waals surface area contributed by atoms with Crippen molar-refractivity contribution in [2.45, 2.75) is 13.8 Å². The van der Waals surface area contributed by atoms with E-state index in [2.05, 4.69) is 78.9 Å². The molecule has 0 amide bonds. The Morgan fingerprint density at radius 2 is 1.83 bits per heavy atom. The maximum absolute atomic E-state index is 4.63. The SMILES string of the molecule is C=CN=Cc1ccc(-c2cccnc2-c2cccc(C)c2)cc1C. The Morgan fingerprint density at radius 3 is 2.58 bits per heavy atom. The van der Waals surface area contributed by atoms with Crippen LogP contribution in [-0.4, -0.2) is 11.2 Å². The van der Waals surface area contributed by atoms with E-state index < -0.39 is 0 Å². The van der Waals surface area contributed by atoms with Gasteiger partial charge in [-0.3, -0.25) is 9.98 Å². The molecule has 0 N–H and O–H groups in total. The van der Waals surface area contributed by atoms with Gasteiger partial charge in [0.2, 0.25) is 0 Å². The zero-order valence-electron chi connectivity index (χ0n) is 14.0. The van der Waals surface area contributed by atoms with Gasteiger partial charge >= 0.3 is 0 Å². The number of aliphatic imine (C=N–C) groups is 1. The fraction of sp³-hybridized carbons (Fsp3) is 0.0909. The highest BCUT2D eigenvalue weighted by molar-refractivity contribution is 5.86. The number of hydrogen-bond acceptors (Lipinski definition) is 2. The van der Waals surface area contributed by atoms with Gasteiger partial charge < -0.3 is 0 Å². The van der Waals surface area contributed by atoms with Gasteiger partial charge in [-0.25, -0.2) is 0 Å². The number of aromatic nitrogens is 1. The van der Waals surface area contributed by atoms with Crippen LogP contribution in [0.3, 0.4) is 0 Å². The summed E-state index contributed by atoms with van der Waals surface area (Å²) in [5.74, 6) is 0. The quantitative estimate of drug-likeness (QED) is 0.576. The molecule has 0 saturated carbocycles. The summed E-state index contributed by atoms with van der Waals surface area (Å²) in [4.78, 5) is 8.74. The van der Waals surface area contributed by atoms with Crippen molar-refractivity contribution in [1.82, 2.24) is 4.98 Å². The molecule has 2 nitrogen and oxygen atoms in total. The average molecular weight is 312 g/mol. The van der Waals surface area contributed by atoms with Crippen LogP contribution in [-0.2, 0) is 0 Å². The molecule has 0 unspecified atom stereocenters. The van der Waals surface area contributed by atoms with E-state index in [1.807, 2.05) is 18.5 Å². The fourth-order valence-corrected chi connectivity index (χ4v) is 2.78. The molecule has 0 aliphatic heterocycles. The lowest BCUT2D eigenvalue weighted by Crippen LogP contribution is -1.92. The van der Waals surface area contributed by atoms with Crippen LogP contribution in [0.5, 0.6) is 0 Å². The second-order valence-electron chi connectivity index (χ2n) is 5.80. The van der Waals surface area contributed by atoms with Gasteiger partial charge in [-0.15, -0.1) is 0 Å². The summed E-state index contributed by atoms with van der Waals surface area (Å²) < 4.78 is 0. The number of nitrogens with zero attached hydrogens (tertiary/aromatic N) is 2. The van der Waals surface area contributed by atoms with Gasteiger partial charge in [-0.1, -0.05) is 54.6 Å². The van der Waals surface area contributed by atoms with Crippen molar-refractivity contribution in [2.75, 3.05) is 0 Å². The lowest BCUT2D eigenvalue weighted by atomic mass is 9.96. The molecule has 0 aliphatic carbocycles. The van der Waals surface area contributed by atoms with Crippen molar-refractivity contribution >= 4 is 6.21 Å². The van der Waals surface area contributed by atoms with E-state index >= 15 is 0 Å². The van der Waals surface area contributed by atoms with Crippen molar-refractivity contribution in [3.63, 3.8) is 0 Å². The molecule has 1 aromatic heterocycles. The van der Waals surface area contributed by atoms with Crippen LogP contribution in [0.4, 0.5) is 0 Å². The number of hydrogen-bond donors (Lipinski definition) is 0. The van der Waals surface area contributed by atoms with E-state index in [0.717, 1.165) is 27.9 Å². The van der Waals surface area contributed by atoms with E-state index in [0.29, 0.717) is 0 Å². The average Bonchev–Trinajstić information content (AvgIpc) is 2.61. The van der Waals surface area contributed by atoms with Crippen LogP contribution >= 0.6 is 0 Å². The smallest absolute Gasteiger partial charge is 0.0780 e. The Kier molecular flexibility index (Phi) is 4.66. The van der Waals surface area contributed by atoms with Crippen LogP contribution in [0.2, 0.25) is 0 Å². The van der Waals surface area contributed by atoms with Crippen LogP contribution in [0.15, 0.2) is 78.6 Å². The minimum Gasteiger partial charge on any atom is -0.265 e. The topological polar surface area (TPSA) is 25.2 Å². The molecule has 2 aromatic carbocycles. The highest BCUT2D eigenvalue weighted by Gasteiger charge is 2.09. The second kappa shape index (κ2) is 7.05. The molecule has 118 valence electrons. The summed E-state index contributed by atoms with van der Waals surface area (Å²) in [6.45, 7) is 7.81. The summed E-state index contributed by atoms with van der Waals surface area (Å²) in [6.07, 6.45) is 5.22. The van der Waals surface area contributed by atoms with Crippen LogP contribution < -0.4 is 0 Å². The molecule has 24 heavy (non-hydrogen) atoms. The van der Waals surface area contributed by atoms with Gasteiger partial charge in [0.1, 0.15) is 0 Å². The summed E-state index contributed by atoms with van der Waals surface area (Å²) >= 11 is 0. The molecule has 0 fully saturated rings. The van der Waals surface area contributed by atoms with E-state index in [1.165, 1.54) is 11.1 Å². The number of pyridine rings is 1. The molecule has 0 bridgehead atoms. The van der Waals surface area contributed by atoms with Crippen LogP contribution in [0, 0.1) is 13.8 Å². The third-order valence-electron chi connectivity index (χ3n) is 4.00. The highest BCUT2D eigenvalue weighted by Crippen LogP contribution is 2.31. The van der Waals surface area contributed by atoms with Crippen molar-refractivity contribution in [2.24, 2.45) is 4.99 Å². The van der Waals surface area contributed by atoms with Gasteiger partial charge in [0.25, 0.3) is 0 Å². The van der Waals surface area contributed by atoms with E-state index in [4.69, 9.17) is 0 Å². The van der Waals surface area contributed by atoms with Gasteiger partial charge in [-0.2, -0.15) is 0 Å². The molecular weight excluding hydrogens is 292 g/mol. The molecule has 0 aliphatic rings. The van der Waals surface area contributed by atoms with Gasteiger partial charge in [0, 0.05) is 29.7 Å². The van der Waals surface area contributed by atoms with Crippen molar-refractivity contribution in [1.29, 1.82) is 0 Å². The largest absolute Gasteiger partial charge is 0.265 e. The molecule has 2 heteroatoms. The lowest BCUT2D eigenvalue weighted by molar-refractivity contribution is 1.31. The maximum Gasteiger partial charge on any atom is 0.0780 e. The number of benzene rings is 2. The predicted octanol–water partition coefficient (Wildman–Crippen LogP) is 5.59. The summed E-state index contributed by atoms with van der Waals surface area (Å²) in [5, 5.41) is 0. The molecule has 0 saturated heterocycles.